The molecular weight excluding hydrogens is 538 g/mol. The molecule has 41 heavy (non-hydrogen) atoms. The highest BCUT2D eigenvalue weighted by molar-refractivity contribution is 6.04. The van der Waals surface area contributed by atoms with Crippen LogP contribution in [0.2, 0.25) is 0 Å². The van der Waals surface area contributed by atoms with E-state index in [1.165, 1.54) is 36.4 Å². The van der Waals surface area contributed by atoms with Crippen molar-refractivity contribution in [1.29, 1.82) is 0 Å². The fourth-order valence-corrected chi connectivity index (χ4v) is 4.13. The molecule has 0 aliphatic carbocycles. The molecule has 4 aromatic carbocycles. The normalized spacial score (nSPS) is 11.2. The number of alkyl halides is 3. The summed E-state index contributed by atoms with van der Waals surface area (Å²) in [5.74, 6) is -1.82. The monoisotopic (exact) mass is 559 g/mol. The molecule has 0 spiro atoms. The van der Waals surface area contributed by atoms with Gasteiger partial charge in [-0.15, -0.1) is 0 Å². The lowest BCUT2D eigenvalue weighted by Crippen LogP contribution is -2.25. The lowest BCUT2D eigenvalue weighted by molar-refractivity contribution is -0.138. The van der Waals surface area contributed by atoms with Crippen molar-refractivity contribution in [2.24, 2.45) is 0 Å². The van der Waals surface area contributed by atoms with Gasteiger partial charge in [-0.05, 0) is 60.2 Å². The summed E-state index contributed by atoms with van der Waals surface area (Å²) in [6, 6.07) is 25.6. The number of nitrogens with zero attached hydrogens (tertiary/aromatic N) is 1. The van der Waals surface area contributed by atoms with E-state index in [-0.39, 0.29) is 35.0 Å². The van der Waals surface area contributed by atoms with Gasteiger partial charge in [-0.2, -0.15) is 13.2 Å². The summed E-state index contributed by atoms with van der Waals surface area (Å²) in [5.41, 5.74) is 0.171. The summed E-state index contributed by atoms with van der Waals surface area (Å²) < 4.78 is 60.2. The van der Waals surface area contributed by atoms with Crippen LogP contribution in [0.3, 0.4) is 0 Å². The maximum absolute atomic E-state index is 14.0. The molecule has 0 fully saturated rings. The highest BCUT2D eigenvalue weighted by Gasteiger charge is 2.33. The zero-order valence-electron chi connectivity index (χ0n) is 21.2. The van der Waals surface area contributed by atoms with Crippen molar-refractivity contribution < 1.29 is 31.6 Å². The van der Waals surface area contributed by atoms with E-state index in [0.717, 1.165) is 6.07 Å². The fraction of sp³-hybridized carbons (Fsp3) is 0.0645. The zero-order chi connectivity index (χ0) is 29.0. The first kappa shape index (κ1) is 27.3. The minimum absolute atomic E-state index is 0.0810. The van der Waals surface area contributed by atoms with Crippen LogP contribution < -0.4 is 10.6 Å². The number of halogens is 4. The number of carbonyl (C=O) groups excluding carboxylic acids is 2. The summed E-state index contributed by atoms with van der Waals surface area (Å²) in [4.78, 5) is 30.0. The number of carbonyl (C=O) groups is 2. The van der Waals surface area contributed by atoms with Crippen molar-refractivity contribution in [3.05, 3.63) is 131 Å². The Hall–Kier alpha value is -5.25. The third-order valence-electron chi connectivity index (χ3n) is 6.15. The lowest BCUT2D eigenvalue weighted by Gasteiger charge is -2.13. The van der Waals surface area contributed by atoms with Crippen LogP contribution in [0.4, 0.5) is 23.2 Å². The molecule has 0 atom stereocenters. The third kappa shape index (κ3) is 6.17. The number of anilines is 1. The van der Waals surface area contributed by atoms with E-state index >= 15 is 0 Å². The first-order valence-corrected chi connectivity index (χ1v) is 12.4. The SMILES string of the molecule is O=C(Nc1ccc(-c2oc(-c3ccccc3)nc2C(=O)NCc2ccccc2C(F)(F)F)cc1)c1ccccc1F. The Kier molecular flexibility index (Phi) is 7.64. The van der Waals surface area contributed by atoms with Gasteiger partial charge in [-0.25, -0.2) is 9.37 Å². The maximum atomic E-state index is 14.0. The molecular formula is C31H21F4N3O3. The van der Waals surface area contributed by atoms with E-state index in [1.807, 2.05) is 0 Å². The van der Waals surface area contributed by atoms with Crippen LogP contribution >= 0.6 is 0 Å². The van der Waals surface area contributed by atoms with Crippen LogP contribution in [0.25, 0.3) is 22.8 Å². The molecule has 0 bridgehead atoms. The minimum Gasteiger partial charge on any atom is -0.435 e. The molecule has 1 heterocycles. The van der Waals surface area contributed by atoms with Crippen molar-refractivity contribution in [1.82, 2.24) is 10.3 Å². The Morgan fingerprint density at radius 3 is 2.12 bits per heavy atom. The summed E-state index contributed by atoms with van der Waals surface area (Å²) >= 11 is 0. The van der Waals surface area contributed by atoms with E-state index in [9.17, 15) is 27.2 Å². The van der Waals surface area contributed by atoms with Gasteiger partial charge in [0.15, 0.2) is 11.5 Å². The lowest BCUT2D eigenvalue weighted by atomic mass is 10.1. The second-order valence-electron chi connectivity index (χ2n) is 8.91. The van der Waals surface area contributed by atoms with E-state index < -0.39 is 29.4 Å². The second-order valence-corrected chi connectivity index (χ2v) is 8.91. The van der Waals surface area contributed by atoms with E-state index in [1.54, 1.807) is 60.7 Å². The Balaban J connectivity index is 1.42. The van der Waals surface area contributed by atoms with Crippen LogP contribution in [0, 0.1) is 5.82 Å². The van der Waals surface area contributed by atoms with Gasteiger partial charge in [0.2, 0.25) is 5.89 Å². The average Bonchev–Trinajstić information content (AvgIpc) is 3.42. The van der Waals surface area contributed by atoms with Crippen molar-refractivity contribution >= 4 is 17.5 Å². The van der Waals surface area contributed by atoms with Gasteiger partial charge in [0.1, 0.15) is 5.82 Å². The molecule has 5 aromatic rings. The number of hydrogen-bond donors (Lipinski definition) is 2. The molecule has 2 amide bonds. The van der Waals surface area contributed by atoms with Gasteiger partial charge >= 0.3 is 6.18 Å². The molecule has 6 nitrogen and oxygen atoms in total. The standard InChI is InChI=1S/C31H21F4N3O3/c32-25-13-7-5-11-23(25)28(39)37-22-16-14-19(15-17-22)27-26(38-30(41-27)20-8-2-1-3-9-20)29(40)36-18-21-10-4-6-12-24(21)31(33,34)35/h1-17H,18H2,(H,36,40)(H,37,39). The van der Waals surface area contributed by atoms with Gasteiger partial charge < -0.3 is 15.1 Å². The van der Waals surface area contributed by atoms with Crippen molar-refractivity contribution in [3.8, 4) is 22.8 Å². The van der Waals surface area contributed by atoms with Gasteiger partial charge in [-0.1, -0.05) is 48.5 Å². The van der Waals surface area contributed by atoms with E-state index in [0.29, 0.717) is 16.8 Å². The predicted octanol–water partition coefficient (Wildman–Crippen LogP) is 7.35. The van der Waals surface area contributed by atoms with Crippen LogP contribution in [-0.2, 0) is 12.7 Å². The maximum Gasteiger partial charge on any atom is 0.416 e. The second kappa shape index (κ2) is 11.5. The first-order valence-electron chi connectivity index (χ1n) is 12.4. The summed E-state index contributed by atoms with van der Waals surface area (Å²) in [6.07, 6.45) is -4.58. The van der Waals surface area contributed by atoms with E-state index in [2.05, 4.69) is 15.6 Å². The molecule has 0 unspecified atom stereocenters. The van der Waals surface area contributed by atoms with E-state index in [4.69, 9.17) is 4.42 Å². The van der Waals surface area contributed by atoms with Gasteiger partial charge in [0.25, 0.3) is 11.8 Å². The Labute approximate surface area is 231 Å². The van der Waals surface area contributed by atoms with Crippen LogP contribution in [0.15, 0.2) is 108 Å². The van der Waals surface area contributed by atoms with Crippen LogP contribution in [-0.4, -0.2) is 16.8 Å². The highest BCUT2D eigenvalue weighted by Crippen LogP contribution is 2.33. The van der Waals surface area contributed by atoms with Crippen LogP contribution in [0.1, 0.15) is 32.0 Å². The quantitative estimate of drug-likeness (QED) is 0.204. The Morgan fingerprint density at radius 1 is 0.756 bits per heavy atom. The van der Waals surface area contributed by atoms with Gasteiger partial charge in [0.05, 0.1) is 11.1 Å². The fourth-order valence-electron chi connectivity index (χ4n) is 4.13. The van der Waals surface area contributed by atoms with Gasteiger partial charge in [0, 0.05) is 23.4 Å². The first-order chi connectivity index (χ1) is 19.7. The minimum atomic E-state index is -4.58. The molecule has 1 aromatic heterocycles. The van der Waals surface area contributed by atoms with Gasteiger partial charge in [-0.3, -0.25) is 9.59 Å². The third-order valence-corrected chi connectivity index (χ3v) is 6.15. The molecule has 206 valence electrons. The molecule has 0 aliphatic heterocycles. The average molecular weight is 560 g/mol. The van der Waals surface area contributed by atoms with Crippen molar-refractivity contribution in [3.63, 3.8) is 0 Å². The largest absolute Gasteiger partial charge is 0.435 e. The number of oxazole rings is 1. The molecule has 0 aliphatic rings. The molecule has 0 saturated carbocycles. The Bertz CT molecular complexity index is 1700. The number of rotatable bonds is 7. The molecule has 0 radical (unpaired) electrons. The molecule has 2 N–H and O–H groups in total. The molecule has 10 heteroatoms. The number of aromatic nitrogens is 1. The van der Waals surface area contributed by atoms with Crippen molar-refractivity contribution in [2.45, 2.75) is 12.7 Å². The molecule has 5 rings (SSSR count). The number of hydrogen-bond acceptors (Lipinski definition) is 4. The summed E-state index contributed by atoms with van der Waals surface area (Å²) in [5, 5.41) is 5.12. The predicted molar refractivity (Wildman–Crippen MR) is 144 cm³/mol. The zero-order valence-corrected chi connectivity index (χ0v) is 21.2. The highest BCUT2D eigenvalue weighted by atomic mass is 19.4. The number of benzene rings is 4. The topological polar surface area (TPSA) is 84.2 Å². The van der Waals surface area contributed by atoms with Crippen LogP contribution in [0.5, 0.6) is 0 Å². The smallest absolute Gasteiger partial charge is 0.416 e. The number of nitrogens with one attached hydrogen (secondary N) is 2. The summed E-state index contributed by atoms with van der Waals surface area (Å²) in [6.45, 7) is -0.386. The summed E-state index contributed by atoms with van der Waals surface area (Å²) in [7, 11) is 0. The van der Waals surface area contributed by atoms with Crippen molar-refractivity contribution in [2.75, 3.05) is 5.32 Å². The molecule has 0 saturated heterocycles. The Morgan fingerprint density at radius 2 is 1.41 bits per heavy atom. The number of amides is 2.